The van der Waals surface area contributed by atoms with E-state index in [-0.39, 0.29) is 17.9 Å². The summed E-state index contributed by atoms with van der Waals surface area (Å²) in [5.74, 6) is -0.0282. The largest absolute Gasteiger partial charge is 0.327 e. The third kappa shape index (κ3) is 3.33. The van der Waals surface area contributed by atoms with Gasteiger partial charge in [0, 0.05) is 15.0 Å². The Morgan fingerprint density at radius 3 is 2.67 bits per heavy atom. The van der Waals surface area contributed by atoms with Gasteiger partial charge in [-0.2, -0.15) is 0 Å². The average Bonchev–Trinajstić information content (AvgIpc) is 2.33. The molecule has 1 aliphatic rings. The van der Waals surface area contributed by atoms with Gasteiger partial charge in [-0.3, -0.25) is 4.79 Å². The summed E-state index contributed by atoms with van der Waals surface area (Å²) >= 11 is 6.82. The molecule has 98 valence electrons. The van der Waals surface area contributed by atoms with Crippen molar-refractivity contribution in [2.75, 3.05) is 5.32 Å². The Bertz CT molecular complexity index is 451. The van der Waals surface area contributed by atoms with Crippen LogP contribution in [-0.2, 0) is 4.79 Å². The lowest BCUT2D eigenvalue weighted by Crippen LogP contribution is -2.40. The lowest BCUT2D eigenvalue weighted by Gasteiger charge is -2.27. The average molecular weight is 376 g/mol. The van der Waals surface area contributed by atoms with Gasteiger partial charge in [-0.1, -0.05) is 28.8 Å². The summed E-state index contributed by atoms with van der Waals surface area (Å²) in [4.78, 5) is 12.2. The number of anilines is 1. The van der Waals surface area contributed by atoms with Crippen molar-refractivity contribution in [3.05, 3.63) is 27.1 Å². The van der Waals surface area contributed by atoms with Gasteiger partial charge in [-0.05, 0) is 47.0 Å². The second kappa shape index (κ2) is 6.17. The molecule has 2 rings (SSSR count). The van der Waals surface area contributed by atoms with Crippen LogP contribution in [0.15, 0.2) is 27.1 Å². The van der Waals surface area contributed by atoms with E-state index in [1.54, 1.807) is 0 Å². The van der Waals surface area contributed by atoms with Crippen LogP contribution in [-0.4, -0.2) is 11.9 Å². The van der Waals surface area contributed by atoms with Gasteiger partial charge in [0.25, 0.3) is 0 Å². The van der Waals surface area contributed by atoms with Gasteiger partial charge in [-0.25, -0.2) is 0 Å². The monoisotopic (exact) mass is 374 g/mol. The van der Waals surface area contributed by atoms with E-state index in [4.69, 9.17) is 5.73 Å². The van der Waals surface area contributed by atoms with Gasteiger partial charge in [-0.15, -0.1) is 0 Å². The first kappa shape index (κ1) is 14.0. The van der Waals surface area contributed by atoms with E-state index in [0.29, 0.717) is 0 Å². The molecule has 3 N–H and O–H groups in total. The van der Waals surface area contributed by atoms with Crippen LogP contribution in [0, 0.1) is 5.92 Å². The maximum atomic E-state index is 12.2. The molecule has 0 heterocycles. The van der Waals surface area contributed by atoms with Crippen LogP contribution < -0.4 is 11.1 Å². The van der Waals surface area contributed by atoms with Gasteiger partial charge >= 0.3 is 0 Å². The highest BCUT2D eigenvalue weighted by molar-refractivity contribution is 9.11. The van der Waals surface area contributed by atoms with Crippen LogP contribution in [0.2, 0.25) is 0 Å². The molecule has 1 amide bonds. The van der Waals surface area contributed by atoms with Crippen LogP contribution in [0.3, 0.4) is 0 Å². The van der Waals surface area contributed by atoms with Gasteiger partial charge in [0.15, 0.2) is 0 Å². The van der Waals surface area contributed by atoms with E-state index >= 15 is 0 Å². The summed E-state index contributed by atoms with van der Waals surface area (Å²) in [6.45, 7) is 0. The molecule has 3 nitrogen and oxygen atoms in total. The van der Waals surface area contributed by atoms with Crippen molar-refractivity contribution in [1.29, 1.82) is 0 Å². The normalized spacial score (nSPS) is 23.7. The van der Waals surface area contributed by atoms with E-state index in [2.05, 4.69) is 37.2 Å². The van der Waals surface area contributed by atoms with E-state index in [1.807, 2.05) is 18.2 Å². The zero-order chi connectivity index (χ0) is 13.1. The van der Waals surface area contributed by atoms with Crippen LogP contribution >= 0.6 is 31.9 Å². The van der Waals surface area contributed by atoms with Crippen LogP contribution in [0.5, 0.6) is 0 Å². The molecule has 0 aliphatic heterocycles. The number of carbonyl (C=O) groups excluding carboxylic acids is 1. The summed E-state index contributed by atoms with van der Waals surface area (Å²) in [5, 5.41) is 2.95. The molecule has 18 heavy (non-hydrogen) atoms. The number of amides is 1. The number of halogens is 2. The van der Waals surface area contributed by atoms with Crippen LogP contribution in [0.25, 0.3) is 0 Å². The zero-order valence-electron chi connectivity index (χ0n) is 9.96. The third-order valence-electron chi connectivity index (χ3n) is 3.35. The fourth-order valence-electron chi connectivity index (χ4n) is 2.30. The van der Waals surface area contributed by atoms with Gasteiger partial charge in [0.1, 0.15) is 0 Å². The number of nitrogens with one attached hydrogen (secondary N) is 1. The molecular formula is C13H16Br2N2O. The second-order valence-electron chi connectivity index (χ2n) is 4.67. The Labute approximate surface area is 124 Å². The number of carbonyl (C=O) groups is 1. The molecule has 1 aromatic rings. The molecule has 1 fully saturated rings. The fourth-order valence-corrected chi connectivity index (χ4v) is 3.45. The number of nitrogens with two attached hydrogens (primary N) is 1. The molecule has 0 spiro atoms. The van der Waals surface area contributed by atoms with Crippen molar-refractivity contribution < 1.29 is 4.79 Å². The van der Waals surface area contributed by atoms with Crippen molar-refractivity contribution in [1.82, 2.24) is 0 Å². The first-order valence-electron chi connectivity index (χ1n) is 6.09. The molecule has 0 saturated heterocycles. The summed E-state index contributed by atoms with van der Waals surface area (Å²) in [6, 6.07) is 5.69. The molecule has 0 radical (unpaired) electrons. The highest BCUT2D eigenvalue weighted by Gasteiger charge is 2.28. The Morgan fingerprint density at radius 2 is 2.00 bits per heavy atom. The van der Waals surface area contributed by atoms with E-state index in [1.165, 1.54) is 0 Å². The van der Waals surface area contributed by atoms with Gasteiger partial charge in [0.2, 0.25) is 5.91 Å². The number of hydrogen-bond acceptors (Lipinski definition) is 2. The molecule has 0 aromatic heterocycles. The predicted octanol–water partition coefficient (Wildman–Crippen LogP) is 3.67. The Balaban J connectivity index is 2.06. The van der Waals surface area contributed by atoms with Crippen LogP contribution in [0.4, 0.5) is 5.69 Å². The summed E-state index contributed by atoms with van der Waals surface area (Å²) in [5.41, 5.74) is 6.81. The molecule has 1 saturated carbocycles. The first-order chi connectivity index (χ1) is 8.58. The number of hydrogen-bond donors (Lipinski definition) is 2. The summed E-state index contributed by atoms with van der Waals surface area (Å²) in [7, 11) is 0. The lowest BCUT2D eigenvalue weighted by atomic mass is 9.84. The van der Waals surface area contributed by atoms with Crippen molar-refractivity contribution in [3.8, 4) is 0 Å². The quantitative estimate of drug-likeness (QED) is 0.828. The Morgan fingerprint density at radius 1 is 1.28 bits per heavy atom. The minimum atomic E-state index is -0.0608. The number of benzene rings is 1. The highest BCUT2D eigenvalue weighted by Crippen LogP contribution is 2.28. The standard InChI is InChI=1S/C13H16Br2N2O/c14-8-5-6-12(10(15)7-8)17-13(18)9-3-1-2-4-11(9)16/h5-7,9,11H,1-4,16H2,(H,17,18). The molecule has 2 unspecified atom stereocenters. The zero-order valence-corrected chi connectivity index (χ0v) is 13.1. The topological polar surface area (TPSA) is 55.1 Å². The maximum absolute atomic E-state index is 12.2. The molecule has 5 heteroatoms. The van der Waals surface area contributed by atoms with E-state index in [0.717, 1.165) is 40.3 Å². The minimum Gasteiger partial charge on any atom is -0.327 e. The highest BCUT2D eigenvalue weighted by atomic mass is 79.9. The van der Waals surface area contributed by atoms with Crippen LogP contribution in [0.1, 0.15) is 25.7 Å². The molecular weight excluding hydrogens is 360 g/mol. The van der Waals surface area contributed by atoms with Crippen molar-refractivity contribution in [3.63, 3.8) is 0 Å². The minimum absolute atomic E-state index is 0.00651. The molecule has 1 aromatic carbocycles. The first-order valence-corrected chi connectivity index (χ1v) is 7.68. The summed E-state index contributed by atoms with van der Waals surface area (Å²) < 4.78 is 1.84. The SMILES string of the molecule is NC1CCCCC1C(=O)Nc1ccc(Br)cc1Br. The maximum Gasteiger partial charge on any atom is 0.229 e. The van der Waals surface area contributed by atoms with Gasteiger partial charge in [0.05, 0.1) is 11.6 Å². The Hall–Kier alpha value is -0.390. The molecule has 1 aliphatic carbocycles. The second-order valence-corrected chi connectivity index (χ2v) is 6.44. The number of rotatable bonds is 2. The van der Waals surface area contributed by atoms with E-state index < -0.39 is 0 Å². The van der Waals surface area contributed by atoms with Crippen molar-refractivity contribution >= 4 is 43.5 Å². The van der Waals surface area contributed by atoms with Crippen molar-refractivity contribution in [2.24, 2.45) is 11.7 Å². The third-order valence-corrected chi connectivity index (χ3v) is 4.49. The molecule has 0 bridgehead atoms. The van der Waals surface area contributed by atoms with Crippen molar-refractivity contribution in [2.45, 2.75) is 31.7 Å². The van der Waals surface area contributed by atoms with Gasteiger partial charge < -0.3 is 11.1 Å². The summed E-state index contributed by atoms with van der Waals surface area (Å²) in [6.07, 6.45) is 4.06. The molecule has 2 atom stereocenters. The Kier molecular flexibility index (Phi) is 4.81. The predicted molar refractivity (Wildman–Crippen MR) is 80.4 cm³/mol. The smallest absolute Gasteiger partial charge is 0.229 e. The van der Waals surface area contributed by atoms with E-state index in [9.17, 15) is 4.79 Å². The lowest BCUT2D eigenvalue weighted by molar-refractivity contribution is -0.121. The fraction of sp³-hybridized carbons (Fsp3) is 0.462.